The molecule has 6 N–H and O–H groups in total. The Labute approximate surface area is 167 Å². The van der Waals surface area contributed by atoms with Gasteiger partial charge in [0.25, 0.3) is 0 Å². The van der Waals surface area contributed by atoms with Gasteiger partial charge in [-0.1, -0.05) is 54.6 Å². The van der Waals surface area contributed by atoms with Crippen molar-refractivity contribution in [3.8, 4) is 28.2 Å². The molecule has 0 saturated heterocycles. The maximum absolute atomic E-state index is 7.57. The van der Waals surface area contributed by atoms with E-state index in [9.17, 15) is 0 Å². The van der Waals surface area contributed by atoms with Crippen molar-refractivity contribution in [1.29, 1.82) is 10.8 Å². The van der Waals surface area contributed by atoms with Gasteiger partial charge in [0.1, 0.15) is 23.1 Å². The molecule has 4 aromatic rings. The Balaban J connectivity index is 1.83. The lowest BCUT2D eigenvalue weighted by atomic mass is 10.0. The van der Waals surface area contributed by atoms with Crippen LogP contribution < -0.4 is 11.5 Å². The van der Waals surface area contributed by atoms with Gasteiger partial charge in [-0.05, 0) is 24.3 Å². The molecule has 1 heterocycles. The zero-order valence-corrected chi connectivity index (χ0v) is 15.5. The highest BCUT2D eigenvalue weighted by Gasteiger charge is 2.16. The summed E-state index contributed by atoms with van der Waals surface area (Å²) in [6, 6.07) is 24.4. The lowest BCUT2D eigenvalue weighted by molar-refractivity contribution is 0.755. The minimum atomic E-state index is 0.0150. The zero-order chi connectivity index (χ0) is 20.4. The van der Waals surface area contributed by atoms with Crippen LogP contribution in [0.2, 0.25) is 0 Å². The number of nitrogens with two attached hydrogens (primary N) is 2. The molecule has 0 amide bonds. The van der Waals surface area contributed by atoms with Gasteiger partial charge in [0.15, 0.2) is 0 Å². The molecule has 29 heavy (non-hydrogen) atoms. The van der Waals surface area contributed by atoms with Crippen molar-refractivity contribution in [3.63, 3.8) is 0 Å². The number of nitrogens with zero attached hydrogens (tertiary/aromatic N) is 3. The topological polar surface area (TPSA) is 130 Å². The van der Waals surface area contributed by atoms with Crippen LogP contribution in [0, 0.1) is 10.8 Å². The van der Waals surface area contributed by atoms with E-state index in [0.29, 0.717) is 11.1 Å². The average molecular weight is 381 g/mol. The molecule has 0 aliphatic heterocycles. The second-order valence-electron chi connectivity index (χ2n) is 6.50. The largest absolute Gasteiger partial charge is 0.384 e. The molecule has 4 rings (SSSR count). The number of hydrogen-bond acceptors (Lipinski definition) is 4. The first-order valence-corrected chi connectivity index (χ1v) is 8.95. The molecule has 0 spiro atoms. The predicted molar refractivity (Wildman–Crippen MR) is 114 cm³/mol. The van der Waals surface area contributed by atoms with Crippen molar-refractivity contribution in [2.75, 3.05) is 0 Å². The summed E-state index contributed by atoms with van der Waals surface area (Å²) >= 11 is 0. The summed E-state index contributed by atoms with van der Waals surface area (Å²) in [6.45, 7) is 0. The summed E-state index contributed by atoms with van der Waals surface area (Å²) in [6.07, 6.45) is 0. The highest BCUT2D eigenvalue weighted by atomic mass is 15.5. The van der Waals surface area contributed by atoms with Gasteiger partial charge in [0.2, 0.25) is 0 Å². The van der Waals surface area contributed by atoms with Crippen LogP contribution in [0.1, 0.15) is 11.1 Å². The number of hydrogen-bond donors (Lipinski definition) is 4. The Morgan fingerprint density at radius 2 is 1.07 bits per heavy atom. The number of rotatable bonds is 5. The third-order valence-corrected chi connectivity index (χ3v) is 4.54. The quantitative estimate of drug-likeness (QED) is 0.312. The highest BCUT2D eigenvalue weighted by Crippen LogP contribution is 2.30. The Bertz CT molecular complexity index is 1170. The van der Waals surface area contributed by atoms with E-state index in [1.165, 1.54) is 0 Å². The lowest BCUT2D eigenvalue weighted by Crippen LogP contribution is -2.11. The van der Waals surface area contributed by atoms with Crippen LogP contribution in [-0.2, 0) is 0 Å². The molecule has 0 saturated carbocycles. The van der Waals surface area contributed by atoms with Crippen molar-refractivity contribution in [3.05, 3.63) is 90.0 Å². The van der Waals surface area contributed by atoms with Crippen LogP contribution in [0.4, 0.5) is 0 Å². The Kier molecular flexibility index (Phi) is 4.62. The van der Waals surface area contributed by atoms with E-state index in [0.717, 1.165) is 28.2 Å². The first kappa shape index (κ1) is 18.1. The van der Waals surface area contributed by atoms with E-state index in [-0.39, 0.29) is 11.7 Å². The number of aromatic nitrogens is 3. The van der Waals surface area contributed by atoms with Crippen LogP contribution in [0.25, 0.3) is 28.2 Å². The van der Waals surface area contributed by atoms with Crippen molar-refractivity contribution in [2.24, 2.45) is 11.5 Å². The molecule has 0 atom stereocenters. The van der Waals surface area contributed by atoms with Crippen molar-refractivity contribution in [2.45, 2.75) is 0 Å². The smallest absolute Gasteiger partial charge is 0.122 e. The second kappa shape index (κ2) is 7.40. The minimum Gasteiger partial charge on any atom is -0.384 e. The molecule has 0 unspecified atom stereocenters. The van der Waals surface area contributed by atoms with Crippen LogP contribution in [0.5, 0.6) is 0 Å². The van der Waals surface area contributed by atoms with Crippen LogP contribution >= 0.6 is 0 Å². The highest BCUT2D eigenvalue weighted by molar-refractivity contribution is 5.96. The molecular weight excluding hydrogens is 362 g/mol. The molecule has 1 aromatic heterocycles. The maximum atomic E-state index is 7.57. The van der Waals surface area contributed by atoms with E-state index >= 15 is 0 Å². The SMILES string of the molecule is N=C(N)c1ccc(-c2nn(-c3ccc(C(=N)N)cc3)nc2-c2ccccc2)cc1. The summed E-state index contributed by atoms with van der Waals surface area (Å²) in [7, 11) is 0. The van der Waals surface area contributed by atoms with Gasteiger partial charge in [-0.25, -0.2) is 0 Å². The minimum absolute atomic E-state index is 0.0150. The number of nitrogens with one attached hydrogen (secondary N) is 2. The molecular formula is C22H19N7. The van der Waals surface area contributed by atoms with E-state index < -0.39 is 0 Å². The molecule has 0 bridgehead atoms. The first-order chi connectivity index (χ1) is 14.0. The molecule has 3 aromatic carbocycles. The summed E-state index contributed by atoms with van der Waals surface area (Å²) < 4.78 is 0. The molecule has 0 aliphatic carbocycles. The second-order valence-corrected chi connectivity index (χ2v) is 6.50. The summed E-state index contributed by atoms with van der Waals surface area (Å²) in [4.78, 5) is 1.57. The van der Waals surface area contributed by atoms with Gasteiger partial charge < -0.3 is 11.5 Å². The van der Waals surface area contributed by atoms with Crippen molar-refractivity contribution < 1.29 is 0 Å². The fourth-order valence-corrected chi connectivity index (χ4v) is 2.99. The normalized spacial score (nSPS) is 10.6. The fourth-order valence-electron chi connectivity index (χ4n) is 2.99. The number of nitrogen functional groups attached to an aromatic ring is 2. The fraction of sp³-hybridized carbons (Fsp3) is 0. The average Bonchev–Trinajstić information content (AvgIpc) is 3.20. The molecule has 7 heteroatoms. The Morgan fingerprint density at radius 3 is 1.55 bits per heavy atom. The van der Waals surface area contributed by atoms with Crippen LogP contribution in [-0.4, -0.2) is 26.7 Å². The van der Waals surface area contributed by atoms with Crippen molar-refractivity contribution >= 4 is 11.7 Å². The van der Waals surface area contributed by atoms with Crippen LogP contribution in [0.15, 0.2) is 78.9 Å². The molecule has 0 aliphatic rings. The van der Waals surface area contributed by atoms with E-state index in [4.69, 9.17) is 32.5 Å². The summed E-state index contributed by atoms with van der Waals surface area (Å²) in [5, 5.41) is 24.5. The molecule has 0 fully saturated rings. The standard InChI is InChI=1S/C22H19N7/c23-21(24)16-8-6-15(7-9-16)20-19(14-4-2-1-3-5-14)27-29(28-20)18-12-10-17(11-13-18)22(25)26/h1-13H,(H3,23,24)(H3,25,26). The zero-order valence-electron chi connectivity index (χ0n) is 15.5. The molecule has 0 radical (unpaired) electrons. The Morgan fingerprint density at radius 1 is 0.621 bits per heavy atom. The first-order valence-electron chi connectivity index (χ1n) is 8.95. The van der Waals surface area contributed by atoms with Gasteiger partial charge in [0.05, 0.1) is 5.69 Å². The summed E-state index contributed by atoms with van der Waals surface area (Å²) in [5.41, 5.74) is 16.5. The Hall–Kier alpha value is -4.26. The van der Waals surface area contributed by atoms with Gasteiger partial charge in [0, 0.05) is 22.3 Å². The number of benzene rings is 3. The lowest BCUT2D eigenvalue weighted by Gasteiger charge is -2.03. The van der Waals surface area contributed by atoms with Crippen LogP contribution in [0.3, 0.4) is 0 Å². The predicted octanol–water partition coefficient (Wildman–Crippen LogP) is 3.17. The van der Waals surface area contributed by atoms with Crippen molar-refractivity contribution in [1.82, 2.24) is 15.0 Å². The van der Waals surface area contributed by atoms with Gasteiger partial charge in [-0.2, -0.15) is 4.80 Å². The van der Waals surface area contributed by atoms with Gasteiger partial charge >= 0.3 is 0 Å². The molecule has 142 valence electrons. The van der Waals surface area contributed by atoms with E-state index in [1.807, 2.05) is 54.6 Å². The number of amidine groups is 2. The third kappa shape index (κ3) is 3.61. The third-order valence-electron chi connectivity index (χ3n) is 4.54. The van der Waals surface area contributed by atoms with Gasteiger partial charge in [-0.15, -0.1) is 10.2 Å². The molecule has 7 nitrogen and oxygen atoms in total. The van der Waals surface area contributed by atoms with E-state index in [2.05, 4.69) is 0 Å². The van der Waals surface area contributed by atoms with Gasteiger partial charge in [-0.3, -0.25) is 10.8 Å². The maximum Gasteiger partial charge on any atom is 0.122 e. The monoisotopic (exact) mass is 381 g/mol. The summed E-state index contributed by atoms with van der Waals surface area (Å²) in [5.74, 6) is 0.0373. The van der Waals surface area contributed by atoms with E-state index in [1.54, 1.807) is 29.1 Å².